The Kier molecular flexibility index (Phi) is 4.48. The SMILES string of the molecule is C[C@@H]1[C@H](c2ccccc2)N(C(=O)CCc2ccc3c(c2)OCO3)C(=O)N1C. The maximum atomic E-state index is 13.0. The van der Waals surface area contributed by atoms with Gasteiger partial charge in [0.15, 0.2) is 11.5 Å². The minimum atomic E-state index is -0.270. The van der Waals surface area contributed by atoms with Crippen molar-refractivity contribution < 1.29 is 19.1 Å². The van der Waals surface area contributed by atoms with Crippen LogP contribution < -0.4 is 9.47 Å². The van der Waals surface area contributed by atoms with E-state index >= 15 is 0 Å². The van der Waals surface area contributed by atoms with Crippen molar-refractivity contribution in [2.24, 2.45) is 0 Å². The predicted molar refractivity (Wildman–Crippen MR) is 99.5 cm³/mol. The van der Waals surface area contributed by atoms with Gasteiger partial charge in [0.05, 0.1) is 12.1 Å². The third-order valence-corrected chi connectivity index (χ3v) is 5.33. The molecule has 0 spiro atoms. The van der Waals surface area contributed by atoms with Crippen LogP contribution in [0.2, 0.25) is 0 Å². The fourth-order valence-electron chi connectivity index (χ4n) is 3.70. The highest BCUT2D eigenvalue weighted by molar-refractivity contribution is 5.97. The van der Waals surface area contributed by atoms with E-state index in [2.05, 4.69) is 0 Å². The number of carbonyl (C=O) groups excluding carboxylic acids is 2. The standard InChI is InChI=1S/C21H22N2O4/c1-14-20(16-6-4-3-5-7-16)23(21(25)22(14)2)19(24)11-9-15-8-10-17-18(12-15)27-13-26-17/h3-8,10,12,14,20H,9,11,13H2,1-2H3/t14-,20-/m1/s1. The summed E-state index contributed by atoms with van der Waals surface area (Å²) >= 11 is 0. The molecule has 3 amide bonds. The van der Waals surface area contributed by atoms with Gasteiger partial charge in [-0.1, -0.05) is 36.4 Å². The van der Waals surface area contributed by atoms with E-state index < -0.39 is 0 Å². The first-order valence-electron chi connectivity index (χ1n) is 9.08. The smallest absolute Gasteiger partial charge is 0.327 e. The largest absolute Gasteiger partial charge is 0.454 e. The molecule has 6 nitrogen and oxygen atoms in total. The third-order valence-electron chi connectivity index (χ3n) is 5.33. The Labute approximate surface area is 158 Å². The van der Waals surface area contributed by atoms with Crippen LogP contribution in [0, 0.1) is 0 Å². The highest BCUT2D eigenvalue weighted by Crippen LogP contribution is 2.36. The summed E-state index contributed by atoms with van der Waals surface area (Å²) in [7, 11) is 1.74. The van der Waals surface area contributed by atoms with Crippen LogP contribution in [0.1, 0.15) is 30.5 Å². The highest BCUT2D eigenvalue weighted by atomic mass is 16.7. The second-order valence-electron chi connectivity index (χ2n) is 6.94. The zero-order valence-corrected chi connectivity index (χ0v) is 15.4. The van der Waals surface area contributed by atoms with E-state index in [1.54, 1.807) is 11.9 Å². The first-order chi connectivity index (χ1) is 13.1. The monoisotopic (exact) mass is 366 g/mol. The van der Waals surface area contributed by atoms with Crippen LogP contribution in [0.5, 0.6) is 11.5 Å². The average Bonchev–Trinajstić information content (AvgIpc) is 3.24. The first kappa shape index (κ1) is 17.4. The quantitative estimate of drug-likeness (QED) is 0.832. The zero-order valence-electron chi connectivity index (χ0n) is 15.4. The number of nitrogens with zero attached hydrogens (tertiary/aromatic N) is 2. The number of carbonyl (C=O) groups is 2. The molecule has 6 heteroatoms. The lowest BCUT2D eigenvalue weighted by Gasteiger charge is -2.24. The fraction of sp³-hybridized carbons (Fsp3) is 0.333. The average molecular weight is 366 g/mol. The summed E-state index contributed by atoms with van der Waals surface area (Å²) in [5.74, 6) is 1.26. The predicted octanol–water partition coefficient (Wildman–Crippen LogP) is 3.37. The van der Waals surface area contributed by atoms with Crippen LogP contribution in [-0.4, -0.2) is 41.6 Å². The van der Waals surface area contributed by atoms with E-state index in [0.29, 0.717) is 12.2 Å². The number of hydrogen-bond donors (Lipinski definition) is 0. The molecule has 0 aliphatic carbocycles. The number of fused-ring (bicyclic) bond motifs is 1. The minimum absolute atomic E-state index is 0.0746. The van der Waals surface area contributed by atoms with Gasteiger partial charge in [0.25, 0.3) is 0 Å². The van der Waals surface area contributed by atoms with E-state index in [9.17, 15) is 9.59 Å². The molecule has 27 heavy (non-hydrogen) atoms. The molecule has 0 aromatic heterocycles. The van der Waals surface area contributed by atoms with E-state index in [-0.39, 0.29) is 37.2 Å². The van der Waals surface area contributed by atoms with Crippen molar-refractivity contribution in [1.82, 2.24) is 9.80 Å². The van der Waals surface area contributed by atoms with Crippen molar-refractivity contribution in [3.8, 4) is 11.5 Å². The normalized spacial score (nSPS) is 21.0. The second-order valence-corrected chi connectivity index (χ2v) is 6.94. The molecule has 2 aliphatic heterocycles. The van der Waals surface area contributed by atoms with Crippen molar-refractivity contribution >= 4 is 11.9 Å². The molecule has 2 heterocycles. The van der Waals surface area contributed by atoms with Crippen LogP contribution in [0.3, 0.4) is 0 Å². The van der Waals surface area contributed by atoms with Crippen LogP contribution in [0.4, 0.5) is 4.79 Å². The van der Waals surface area contributed by atoms with Gasteiger partial charge in [0.1, 0.15) is 0 Å². The molecule has 0 radical (unpaired) electrons. The van der Waals surface area contributed by atoms with Crippen molar-refractivity contribution in [3.05, 3.63) is 59.7 Å². The van der Waals surface area contributed by atoms with Gasteiger partial charge in [-0.05, 0) is 36.6 Å². The topological polar surface area (TPSA) is 59.1 Å². The number of urea groups is 1. The number of hydrogen-bond acceptors (Lipinski definition) is 4. The van der Waals surface area contributed by atoms with Crippen molar-refractivity contribution in [3.63, 3.8) is 0 Å². The molecule has 0 bridgehead atoms. The van der Waals surface area contributed by atoms with E-state index in [1.807, 2.05) is 55.5 Å². The molecule has 2 aliphatic rings. The van der Waals surface area contributed by atoms with Crippen LogP contribution in [0.15, 0.2) is 48.5 Å². The second kappa shape index (κ2) is 6.95. The number of aryl methyl sites for hydroxylation is 1. The first-order valence-corrected chi connectivity index (χ1v) is 9.08. The number of ether oxygens (including phenoxy) is 2. The van der Waals surface area contributed by atoms with Gasteiger partial charge < -0.3 is 14.4 Å². The van der Waals surface area contributed by atoms with Gasteiger partial charge in [0.2, 0.25) is 12.7 Å². The van der Waals surface area contributed by atoms with Crippen LogP contribution >= 0.6 is 0 Å². The Morgan fingerprint density at radius 2 is 1.85 bits per heavy atom. The van der Waals surface area contributed by atoms with Gasteiger partial charge in [-0.15, -0.1) is 0 Å². The summed E-state index contributed by atoms with van der Waals surface area (Å²) in [5, 5.41) is 0. The Bertz CT molecular complexity index is 868. The molecule has 0 N–H and O–H groups in total. The molecule has 2 aromatic carbocycles. The molecule has 2 atom stereocenters. The van der Waals surface area contributed by atoms with Gasteiger partial charge in [-0.3, -0.25) is 9.69 Å². The minimum Gasteiger partial charge on any atom is -0.454 e. The number of amides is 3. The lowest BCUT2D eigenvalue weighted by atomic mass is 9.99. The summed E-state index contributed by atoms with van der Waals surface area (Å²) in [6.07, 6.45) is 0.800. The molecule has 140 valence electrons. The Morgan fingerprint density at radius 1 is 1.11 bits per heavy atom. The Balaban J connectivity index is 1.51. The van der Waals surface area contributed by atoms with E-state index in [0.717, 1.165) is 16.9 Å². The van der Waals surface area contributed by atoms with Gasteiger partial charge >= 0.3 is 6.03 Å². The van der Waals surface area contributed by atoms with Crippen molar-refractivity contribution in [2.45, 2.75) is 31.8 Å². The molecule has 4 rings (SSSR count). The maximum absolute atomic E-state index is 13.0. The van der Waals surface area contributed by atoms with Gasteiger partial charge in [-0.2, -0.15) is 0 Å². The molecule has 2 aromatic rings. The van der Waals surface area contributed by atoms with Crippen LogP contribution in [0.25, 0.3) is 0 Å². The maximum Gasteiger partial charge on any atom is 0.327 e. The summed E-state index contributed by atoms with van der Waals surface area (Å²) < 4.78 is 10.7. The molecule has 1 fully saturated rings. The summed E-state index contributed by atoms with van der Waals surface area (Å²) in [4.78, 5) is 28.7. The molecular weight excluding hydrogens is 344 g/mol. The molecule has 1 saturated heterocycles. The number of likely N-dealkylation sites (N-methyl/N-ethyl adjacent to an activating group) is 1. The van der Waals surface area contributed by atoms with Crippen molar-refractivity contribution in [1.29, 1.82) is 0 Å². The van der Waals surface area contributed by atoms with E-state index in [1.165, 1.54) is 4.90 Å². The third kappa shape index (κ3) is 3.12. The molecule has 0 unspecified atom stereocenters. The molecule has 0 saturated carbocycles. The van der Waals surface area contributed by atoms with Crippen LogP contribution in [-0.2, 0) is 11.2 Å². The Hall–Kier alpha value is -3.02. The van der Waals surface area contributed by atoms with Gasteiger partial charge in [0, 0.05) is 13.5 Å². The fourth-order valence-corrected chi connectivity index (χ4v) is 3.70. The number of imide groups is 1. The highest BCUT2D eigenvalue weighted by Gasteiger charge is 2.45. The summed E-state index contributed by atoms with van der Waals surface area (Å²) in [5.41, 5.74) is 1.95. The van der Waals surface area contributed by atoms with Crippen molar-refractivity contribution in [2.75, 3.05) is 13.8 Å². The lowest BCUT2D eigenvalue weighted by Crippen LogP contribution is -2.36. The summed E-state index contributed by atoms with van der Waals surface area (Å²) in [6.45, 7) is 2.20. The van der Waals surface area contributed by atoms with Gasteiger partial charge in [-0.25, -0.2) is 4.79 Å². The Morgan fingerprint density at radius 3 is 2.63 bits per heavy atom. The molecular formula is C21H22N2O4. The zero-order chi connectivity index (χ0) is 19.0. The lowest BCUT2D eigenvalue weighted by molar-refractivity contribution is -0.129. The number of rotatable bonds is 4. The number of benzene rings is 2. The van der Waals surface area contributed by atoms with E-state index in [4.69, 9.17) is 9.47 Å². The summed E-state index contributed by atoms with van der Waals surface area (Å²) in [6, 6.07) is 14.8.